The number of carbonyl (C=O) groups is 1. The molecule has 0 saturated heterocycles. The van der Waals surface area contributed by atoms with Crippen LogP contribution in [0, 0.1) is 40.4 Å². The minimum absolute atomic E-state index is 0.0442. The second-order valence-corrected chi connectivity index (χ2v) is 16.7. The van der Waals surface area contributed by atoms with E-state index in [1.54, 1.807) is 0 Å². The van der Waals surface area contributed by atoms with Crippen LogP contribution in [0.3, 0.4) is 0 Å². The largest absolute Gasteiger partial charge is 0.616 e. The molecule has 10 atom stereocenters. The maximum absolute atomic E-state index is 13.0. The van der Waals surface area contributed by atoms with Gasteiger partial charge in [-0.2, -0.15) is 22.0 Å². The molecular formula is C33H53F5O4S. The number of hydrogen-bond acceptors (Lipinski definition) is 4. The second kappa shape index (κ2) is 14.1. The highest BCUT2D eigenvalue weighted by molar-refractivity contribution is 7.91. The SMILES string of the molecule is C[C@]12CCC(=O)C[C@@H]1CC[C@@H]1[C@@H]2[C@@H](CCCC(O)CCCCC[S+]([O-])CCCC(F)(F)C(F)(F)F)C[C@]2(C)[C@@H](O)CC[C@@H]12. The predicted octanol–water partition coefficient (Wildman–Crippen LogP) is 8.00. The summed E-state index contributed by atoms with van der Waals surface area (Å²) in [5.41, 5.74) is 0.131. The molecule has 10 heteroatoms. The molecule has 0 aromatic carbocycles. The van der Waals surface area contributed by atoms with Crippen molar-refractivity contribution in [1.29, 1.82) is 0 Å². The van der Waals surface area contributed by atoms with E-state index in [0.717, 1.165) is 70.6 Å². The molecule has 0 spiro atoms. The van der Waals surface area contributed by atoms with Crippen LogP contribution < -0.4 is 0 Å². The highest BCUT2D eigenvalue weighted by atomic mass is 32.2. The number of fused-ring (bicyclic) bond motifs is 5. The van der Waals surface area contributed by atoms with E-state index >= 15 is 0 Å². The minimum Gasteiger partial charge on any atom is -0.616 e. The van der Waals surface area contributed by atoms with Gasteiger partial charge in [0.2, 0.25) is 0 Å². The van der Waals surface area contributed by atoms with Crippen molar-refractivity contribution in [2.24, 2.45) is 40.4 Å². The number of carbonyl (C=O) groups excluding carboxylic acids is 1. The Hall–Kier alpha value is -0.450. The third kappa shape index (κ3) is 7.93. The lowest BCUT2D eigenvalue weighted by Crippen LogP contribution is -2.57. The summed E-state index contributed by atoms with van der Waals surface area (Å²) < 4.78 is 74.7. The normalized spacial score (nSPS) is 37.9. The van der Waals surface area contributed by atoms with Crippen LogP contribution in [-0.4, -0.2) is 56.4 Å². The Morgan fingerprint density at radius 1 is 0.953 bits per heavy atom. The number of aliphatic hydroxyl groups is 2. The van der Waals surface area contributed by atoms with E-state index in [1.807, 2.05) is 0 Å². The molecule has 4 saturated carbocycles. The molecule has 0 radical (unpaired) electrons. The number of aliphatic hydroxyl groups excluding tert-OH is 2. The summed E-state index contributed by atoms with van der Waals surface area (Å²) >= 11 is -1.42. The summed E-state index contributed by atoms with van der Waals surface area (Å²) in [6, 6.07) is 0. The molecule has 0 amide bonds. The van der Waals surface area contributed by atoms with Crippen LogP contribution in [0.25, 0.3) is 0 Å². The molecule has 4 aliphatic carbocycles. The van der Waals surface area contributed by atoms with Crippen LogP contribution >= 0.6 is 0 Å². The molecular weight excluding hydrogens is 587 g/mol. The van der Waals surface area contributed by atoms with Gasteiger partial charge in [-0.15, -0.1) is 0 Å². The van der Waals surface area contributed by atoms with Gasteiger partial charge in [-0.1, -0.05) is 44.3 Å². The third-order valence-electron chi connectivity index (χ3n) is 12.3. The van der Waals surface area contributed by atoms with Gasteiger partial charge in [0.05, 0.1) is 12.2 Å². The van der Waals surface area contributed by atoms with Crippen LogP contribution in [0.15, 0.2) is 0 Å². The highest BCUT2D eigenvalue weighted by Gasteiger charge is 2.62. The predicted molar refractivity (Wildman–Crippen MR) is 158 cm³/mol. The lowest BCUT2D eigenvalue weighted by molar-refractivity contribution is -0.284. The molecule has 0 aliphatic heterocycles. The summed E-state index contributed by atoms with van der Waals surface area (Å²) in [5, 5.41) is 21.7. The summed E-state index contributed by atoms with van der Waals surface area (Å²) in [4.78, 5) is 12.4. The zero-order valence-corrected chi connectivity index (χ0v) is 26.8. The summed E-state index contributed by atoms with van der Waals surface area (Å²) in [5.74, 6) is -1.54. The Balaban J connectivity index is 1.19. The first kappa shape index (κ1) is 35.4. The maximum Gasteiger partial charge on any atom is 0.453 e. The van der Waals surface area contributed by atoms with Gasteiger partial charge in [-0.25, -0.2) is 0 Å². The average molecular weight is 641 g/mol. The van der Waals surface area contributed by atoms with Gasteiger partial charge >= 0.3 is 12.1 Å². The van der Waals surface area contributed by atoms with Crippen molar-refractivity contribution in [1.82, 2.24) is 0 Å². The van der Waals surface area contributed by atoms with Crippen molar-refractivity contribution in [3.05, 3.63) is 0 Å². The summed E-state index contributed by atoms with van der Waals surface area (Å²) in [6.45, 7) is 4.75. The van der Waals surface area contributed by atoms with E-state index in [2.05, 4.69) is 13.8 Å². The topological polar surface area (TPSA) is 80.6 Å². The number of halogens is 5. The van der Waals surface area contributed by atoms with Crippen molar-refractivity contribution in [2.45, 2.75) is 147 Å². The van der Waals surface area contributed by atoms with Crippen molar-refractivity contribution in [3.63, 3.8) is 0 Å². The van der Waals surface area contributed by atoms with E-state index in [9.17, 15) is 41.5 Å². The smallest absolute Gasteiger partial charge is 0.453 e. The van der Waals surface area contributed by atoms with Crippen LogP contribution in [0.2, 0.25) is 0 Å². The van der Waals surface area contributed by atoms with E-state index in [4.69, 9.17) is 0 Å². The number of ketones is 1. The van der Waals surface area contributed by atoms with Crippen LogP contribution in [-0.2, 0) is 16.0 Å². The monoisotopic (exact) mass is 640 g/mol. The zero-order chi connectivity index (χ0) is 31.6. The Kier molecular flexibility index (Phi) is 11.6. The van der Waals surface area contributed by atoms with Crippen molar-refractivity contribution < 1.29 is 41.5 Å². The third-order valence-corrected chi connectivity index (χ3v) is 13.8. The fourth-order valence-corrected chi connectivity index (χ4v) is 11.2. The van der Waals surface area contributed by atoms with E-state index in [0.29, 0.717) is 61.1 Å². The molecule has 0 aromatic heterocycles. The standard InChI is InChI=1S/C33H53F5O4S/c1-30-17-15-25(40)20-23(30)11-12-26-27-13-14-28(41)31(27,2)21-22(29(26)30)8-6-10-24(39)9-4-3-5-18-43(42)19-7-16-32(34,35)33(36,37)38/h22-24,26-29,39,41H,3-21H2,1-2H3/t22-,23-,24?,26-,27-,28-,29-,30-,31-,43?/m0/s1. The number of unbranched alkanes of at least 4 members (excludes halogenated alkanes) is 2. The first-order chi connectivity index (χ1) is 20.1. The van der Waals surface area contributed by atoms with E-state index in [-0.39, 0.29) is 28.4 Å². The maximum atomic E-state index is 13.0. The lowest BCUT2D eigenvalue weighted by Gasteiger charge is -2.62. The molecule has 0 bridgehead atoms. The molecule has 0 aromatic rings. The summed E-state index contributed by atoms with van der Waals surface area (Å²) in [7, 11) is 0. The number of Topliss-reactive ketones (excluding diaryl/α,β-unsaturated/α-hetero) is 1. The fourth-order valence-electron chi connectivity index (χ4n) is 9.98. The fraction of sp³-hybridized carbons (Fsp3) is 0.970. The van der Waals surface area contributed by atoms with Crippen LogP contribution in [0.1, 0.15) is 123 Å². The van der Waals surface area contributed by atoms with Crippen molar-refractivity contribution in [2.75, 3.05) is 11.5 Å². The van der Waals surface area contributed by atoms with Crippen molar-refractivity contribution >= 4 is 17.0 Å². The molecule has 2 N–H and O–H groups in total. The molecule has 4 fully saturated rings. The van der Waals surface area contributed by atoms with Crippen LogP contribution in [0.5, 0.6) is 0 Å². The van der Waals surface area contributed by atoms with Gasteiger partial charge in [0.1, 0.15) is 17.3 Å². The second-order valence-electron chi connectivity index (χ2n) is 15.0. The molecule has 0 heterocycles. The highest BCUT2D eigenvalue weighted by Crippen LogP contribution is 2.68. The number of alkyl halides is 5. The van der Waals surface area contributed by atoms with Gasteiger partial charge in [-0.3, -0.25) is 4.79 Å². The van der Waals surface area contributed by atoms with Crippen molar-refractivity contribution in [3.8, 4) is 0 Å². The number of hydrogen-bond donors (Lipinski definition) is 2. The molecule has 4 aliphatic rings. The first-order valence-corrected chi connectivity index (χ1v) is 18.2. The van der Waals surface area contributed by atoms with Crippen LogP contribution in [0.4, 0.5) is 22.0 Å². The van der Waals surface area contributed by atoms with E-state index in [1.165, 1.54) is 0 Å². The quantitative estimate of drug-likeness (QED) is 0.115. The van der Waals surface area contributed by atoms with Gasteiger partial charge in [0, 0.05) is 19.3 Å². The molecule has 2 unspecified atom stereocenters. The minimum atomic E-state index is -5.57. The molecule has 4 nitrogen and oxygen atoms in total. The Labute approximate surface area is 257 Å². The lowest BCUT2D eigenvalue weighted by atomic mass is 9.42. The Morgan fingerprint density at radius 2 is 1.65 bits per heavy atom. The Bertz CT molecular complexity index is 933. The van der Waals surface area contributed by atoms with Gasteiger partial charge < -0.3 is 14.8 Å². The molecule has 43 heavy (non-hydrogen) atoms. The molecule has 250 valence electrons. The Morgan fingerprint density at radius 3 is 2.37 bits per heavy atom. The van der Waals surface area contributed by atoms with Gasteiger partial charge in [-0.05, 0) is 111 Å². The van der Waals surface area contributed by atoms with Gasteiger partial charge in [0.25, 0.3) is 0 Å². The zero-order valence-electron chi connectivity index (χ0n) is 26.0. The summed E-state index contributed by atoms with van der Waals surface area (Å²) in [6.07, 6.45) is 5.00. The number of rotatable bonds is 14. The molecule has 4 rings (SSSR count). The average Bonchev–Trinajstić information content (AvgIpc) is 3.21. The van der Waals surface area contributed by atoms with E-state index < -0.39 is 42.2 Å². The first-order valence-electron chi connectivity index (χ1n) is 16.8. The van der Waals surface area contributed by atoms with Gasteiger partial charge in [0.15, 0.2) is 0 Å².